The standard InChI is InChI=1S/C22H29FN4S.HI/c1-17-15-20(23)6-5-19(17)9-10-25-22(24-2)26-16-18-3-7-21(8-4-18)27-11-13-28-14-12-27;/h3-8,15H,9-14,16H2,1-2H3,(H2,24,25,26);1H. The highest BCUT2D eigenvalue weighted by atomic mass is 127. The molecule has 1 saturated heterocycles. The predicted octanol–water partition coefficient (Wildman–Crippen LogP) is 4.21. The summed E-state index contributed by atoms with van der Waals surface area (Å²) in [5.74, 6) is 3.01. The first-order valence-electron chi connectivity index (χ1n) is 9.77. The molecule has 0 radical (unpaired) electrons. The minimum absolute atomic E-state index is 0. The van der Waals surface area contributed by atoms with Gasteiger partial charge in [-0.3, -0.25) is 4.99 Å². The highest BCUT2D eigenvalue weighted by Crippen LogP contribution is 2.19. The van der Waals surface area contributed by atoms with Gasteiger partial charge in [0.1, 0.15) is 5.82 Å². The van der Waals surface area contributed by atoms with Crippen molar-refractivity contribution in [2.24, 2.45) is 4.99 Å². The van der Waals surface area contributed by atoms with E-state index in [4.69, 9.17) is 0 Å². The van der Waals surface area contributed by atoms with E-state index in [1.165, 1.54) is 28.8 Å². The molecule has 0 amide bonds. The zero-order chi connectivity index (χ0) is 19.8. The molecule has 1 aliphatic rings. The lowest BCUT2D eigenvalue weighted by molar-refractivity contribution is 0.625. The maximum atomic E-state index is 13.2. The molecular formula is C22H30FIN4S. The molecule has 0 atom stereocenters. The Labute approximate surface area is 194 Å². The molecule has 29 heavy (non-hydrogen) atoms. The van der Waals surface area contributed by atoms with Gasteiger partial charge in [0.2, 0.25) is 0 Å². The third kappa shape index (κ3) is 7.37. The number of aliphatic imine (C=N–C) groups is 1. The monoisotopic (exact) mass is 528 g/mol. The minimum Gasteiger partial charge on any atom is -0.370 e. The van der Waals surface area contributed by atoms with E-state index in [9.17, 15) is 4.39 Å². The summed E-state index contributed by atoms with van der Waals surface area (Å²) < 4.78 is 13.2. The van der Waals surface area contributed by atoms with Gasteiger partial charge in [-0.2, -0.15) is 11.8 Å². The average Bonchev–Trinajstić information content (AvgIpc) is 2.73. The summed E-state index contributed by atoms with van der Waals surface area (Å²) in [4.78, 5) is 6.74. The van der Waals surface area contributed by atoms with E-state index in [1.54, 1.807) is 13.1 Å². The molecule has 1 fully saturated rings. The molecule has 2 N–H and O–H groups in total. The number of anilines is 1. The van der Waals surface area contributed by atoms with Crippen LogP contribution in [0.2, 0.25) is 0 Å². The van der Waals surface area contributed by atoms with Crippen LogP contribution in [0.15, 0.2) is 47.5 Å². The summed E-state index contributed by atoms with van der Waals surface area (Å²) in [6.07, 6.45) is 0.829. The van der Waals surface area contributed by atoms with Crippen molar-refractivity contribution in [2.75, 3.05) is 43.1 Å². The molecular weight excluding hydrogens is 498 g/mol. The molecule has 1 aliphatic heterocycles. The summed E-state index contributed by atoms with van der Waals surface area (Å²) in [5.41, 5.74) is 4.67. The lowest BCUT2D eigenvalue weighted by atomic mass is 10.1. The second kappa shape index (κ2) is 12.3. The van der Waals surface area contributed by atoms with Crippen LogP contribution in [0.4, 0.5) is 10.1 Å². The number of nitrogens with one attached hydrogen (secondary N) is 2. The number of hydrogen-bond acceptors (Lipinski definition) is 3. The molecule has 0 saturated carbocycles. The van der Waals surface area contributed by atoms with Gasteiger partial charge in [-0.25, -0.2) is 4.39 Å². The summed E-state index contributed by atoms with van der Waals surface area (Å²) in [6.45, 7) is 5.68. The van der Waals surface area contributed by atoms with Crippen LogP contribution in [0.3, 0.4) is 0 Å². The van der Waals surface area contributed by atoms with Crippen molar-refractivity contribution in [3.05, 3.63) is 65.0 Å². The number of hydrogen-bond donors (Lipinski definition) is 2. The van der Waals surface area contributed by atoms with Crippen molar-refractivity contribution in [1.29, 1.82) is 0 Å². The SMILES string of the molecule is CN=C(NCCc1ccc(F)cc1C)NCc1ccc(N2CCSCC2)cc1.I. The zero-order valence-electron chi connectivity index (χ0n) is 17.1. The fourth-order valence-electron chi connectivity index (χ4n) is 3.31. The van der Waals surface area contributed by atoms with Crippen LogP contribution >= 0.6 is 35.7 Å². The molecule has 3 rings (SSSR count). The van der Waals surface area contributed by atoms with E-state index in [-0.39, 0.29) is 29.8 Å². The van der Waals surface area contributed by atoms with E-state index in [1.807, 2.05) is 24.8 Å². The largest absolute Gasteiger partial charge is 0.370 e. The lowest BCUT2D eigenvalue weighted by Gasteiger charge is -2.28. The summed E-state index contributed by atoms with van der Waals surface area (Å²) in [5, 5.41) is 6.68. The van der Waals surface area contributed by atoms with Crippen molar-refractivity contribution in [3.63, 3.8) is 0 Å². The number of benzene rings is 2. The van der Waals surface area contributed by atoms with Gasteiger partial charge in [-0.1, -0.05) is 18.2 Å². The van der Waals surface area contributed by atoms with Gasteiger partial charge in [-0.15, -0.1) is 24.0 Å². The number of halogens is 2. The van der Waals surface area contributed by atoms with E-state index >= 15 is 0 Å². The third-order valence-corrected chi connectivity index (χ3v) is 5.93. The van der Waals surface area contributed by atoms with Crippen molar-refractivity contribution in [3.8, 4) is 0 Å². The van der Waals surface area contributed by atoms with Crippen LogP contribution in [0.1, 0.15) is 16.7 Å². The molecule has 2 aromatic rings. The zero-order valence-corrected chi connectivity index (χ0v) is 20.2. The van der Waals surface area contributed by atoms with E-state index < -0.39 is 0 Å². The molecule has 0 aliphatic carbocycles. The Morgan fingerprint density at radius 2 is 1.83 bits per heavy atom. The summed E-state index contributed by atoms with van der Waals surface area (Å²) in [7, 11) is 1.77. The molecule has 0 bridgehead atoms. The summed E-state index contributed by atoms with van der Waals surface area (Å²) >= 11 is 2.03. The smallest absolute Gasteiger partial charge is 0.191 e. The highest BCUT2D eigenvalue weighted by molar-refractivity contribution is 14.0. The Kier molecular flexibility index (Phi) is 10.1. The molecule has 4 nitrogen and oxygen atoms in total. The molecule has 0 aromatic heterocycles. The number of thioether (sulfide) groups is 1. The molecule has 2 aromatic carbocycles. The number of rotatable bonds is 6. The van der Waals surface area contributed by atoms with Crippen LogP contribution in [-0.4, -0.2) is 44.1 Å². The van der Waals surface area contributed by atoms with Gasteiger partial charge in [0.15, 0.2) is 5.96 Å². The number of guanidine groups is 1. The average molecular weight is 528 g/mol. The Morgan fingerprint density at radius 3 is 2.48 bits per heavy atom. The highest BCUT2D eigenvalue weighted by Gasteiger charge is 2.10. The Bertz CT molecular complexity index is 792. The Balaban J connectivity index is 0.00000300. The van der Waals surface area contributed by atoms with E-state index in [0.717, 1.165) is 49.7 Å². The van der Waals surface area contributed by atoms with Gasteiger partial charge in [0, 0.05) is 50.4 Å². The maximum absolute atomic E-state index is 13.2. The van der Waals surface area contributed by atoms with Gasteiger partial charge in [-0.05, 0) is 54.3 Å². The van der Waals surface area contributed by atoms with Gasteiger partial charge < -0.3 is 15.5 Å². The first-order valence-corrected chi connectivity index (χ1v) is 10.9. The fraction of sp³-hybridized carbons (Fsp3) is 0.409. The van der Waals surface area contributed by atoms with Crippen LogP contribution in [0.25, 0.3) is 0 Å². The predicted molar refractivity (Wildman–Crippen MR) is 134 cm³/mol. The number of aryl methyl sites for hydroxylation is 1. The quantitative estimate of drug-likeness (QED) is 0.335. The Hall–Kier alpha value is -1.48. The number of nitrogens with zero attached hydrogens (tertiary/aromatic N) is 2. The summed E-state index contributed by atoms with van der Waals surface area (Å²) in [6, 6.07) is 13.7. The fourth-order valence-corrected chi connectivity index (χ4v) is 4.21. The van der Waals surface area contributed by atoms with Crippen LogP contribution in [0.5, 0.6) is 0 Å². The van der Waals surface area contributed by atoms with Gasteiger partial charge in [0.05, 0.1) is 0 Å². The van der Waals surface area contributed by atoms with Crippen LogP contribution in [-0.2, 0) is 13.0 Å². The molecule has 158 valence electrons. The van der Waals surface area contributed by atoms with E-state index in [2.05, 4.69) is 44.8 Å². The first kappa shape index (κ1) is 23.8. The van der Waals surface area contributed by atoms with Crippen molar-refractivity contribution >= 4 is 47.4 Å². The minimum atomic E-state index is -0.183. The van der Waals surface area contributed by atoms with Crippen molar-refractivity contribution < 1.29 is 4.39 Å². The maximum Gasteiger partial charge on any atom is 0.191 e. The second-order valence-electron chi connectivity index (χ2n) is 6.94. The van der Waals surface area contributed by atoms with Gasteiger partial charge >= 0.3 is 0 Å². The Morgan fingerprint density at radius 1 is 1.10 bits per heavy atom. The van der Waals surface area contributed by atoms with Crippen LogP contribution in [0, 0.1) is 12.7 Å². The van der Waals surface area contributed by atoms with E-state index in [0.29, 0.717) is 0 Å². The normalized spacial score (nSPS) is 14.3. The van der Waals surface area contributed by atoms with Crippen LogP contribution < -0.4 is 15.5 Å². The topological polar surface area (TPSA) is 39.7 Å². The molecule has 0 spiro atoms. The third-order valence-electron chi connectivity index (χ3n) is 4.99. The second-order valence-corrected chi connectivity index (χ2v) is 8.16. The molecule has 1 heterocycles. The molecule has 0 unspecified atom stereocenters. The van der Waals surface area contributed by atoms with Gasteiger partial charge in [0.25, 0.3) is 0 Å². The molecule has 7 heteroatoms. The first-order chi connectivity index (χ1) is 13.7. The lowest BCUT2D eigenvalue weighted by Crippen LogP contribution is -2.38. The van der Waals surface area contributed by atoms with Crippen molar-refractivity contribution in [2.45, 2.75) is 19.9 Å². The van der Waals surface area contributed by atoms with Crippen molar-refractivity contribution in [1.82, 2.24) is 10.6 Å².